The molecule has 18 heavy (non-hydrogen) atoms. The van der Waals surface area contributed by atoms with Crippen LogP contribution >= 0.6 is 0 Å². The van der Waals surface area contributed by atoms with Gasteiger partial charge in [0.25, 0.3) is 0 Å². The fraction of sp³-hybridized carbons (Fsp3) is 0.267. The van der Waals surface area contributed by atoms with Crippen LogP contribution in [0.5, 0.6) is 0 Å². The van der Waals surface area contributed by atoms with E-state index in [1.54, 1.807) is 49.6 Å². The molecule has 94 valence electrons. The molecule has 0 saturated carbocycles. The number of Topliss-reactive ketones (excluding diaryl/α,β-unsaturated/α-hetero) is 1. The summed E-state index contributed by atoms with van der Waals surface area (Å²) in [6.45, 7) is 1.82. The quantitative estimate of drug-likeness (QED) is 0.657. The van der Waals surface area contributed by atoms with Gasteiger partial charge in [-0.05, 0) is 13.0 Å². The maximum atomic E-state index is 12.2. The van der Waals surface area contributed by atoms with Crippen LogP contribution in [0, 0.1) is 5.92 Å². The van der Waals surface area contributed by atoms with E-state index in [2.05, 4.69) is 0 Å². The number of hydrogen-bond acceptors (Lipinski definition) is 3. The SMILES string of the molecule is COC1(C)C=CC(C(=O)c2ccccc2)C(O)=C1. The molecule has 2 atom stereocenters. The number of hydrogen-bond donors (Lipinski definition) is 1. The molecule has 1 aromatic carbocycles. The highest BCUT2D eigenvalue weighted by molar-refractivity contribution is 6.00. The van der Waals surface area contributed by atoms with Crippen molar-refractivity contribution in [2.75, 3.05) is 7.11 Å². The van der Waals surface area contributed by atoms with E-state index in [4.69, 9.17) is 4.74 Å². The van der Waals surface area contributed by atoms with Crippen molar-refractivity contribution in [1.82, 2.24) is 0 Å². The van der Waals surface area contributed by atoms with E-state index in [0.29, 0.717) is 5.56 Å². The molecule has 1 N–H and O–H groups in total. The molecule has 2 unspecified atom stereocenters. The lowest BCUT2D eigenvalue weighted by Gasteiger charge is -2.26. The molecule has 2 rings (SSSR count). The maximum Gasteiger partial charge on any atom is 0.177 e. The topological polar surface area (TPSA) is 46.5 Å². The Morgan fingerprint density at radius 3 is 2.56 bits per heavy atom. The fourth-order valence-corrected chi connectivity index (χ4v) is 1.95. The summed E-state index contributed by atoms with van der Waals surface area (Å²) in [7, 11) is 1.56. The van der Waals surface area contributed by atoms with E-state index in [1.807, 2.05) is 13.0 Å². The number of ketones is 1. The largest absolute Gasteiger partial charge is 0.511 e. The fourth-order valence-electron chi connectivity index (χ4n) is 1.95. The molecule has 3 heteroatoms. The third-order valence-corrected chi connectivity index (χ3v) is 3.15. The van der Waals surface area contributed by atoms with Crippen molar-refractivity contribution in [2.45, 2.75) is 12.5 Å². The molecule has 0 aromatic heterocycles. The zero-order chi connectivity index (χ0) is 13.2. The second-order valence-corrected chi connectivity index (χ2v) is 4.52. The van der Waals surface area contributed by atoms with Gasteiger partial charge in [-0.15, -0.1) is 0 Å². The highest BCUT2D eigenvalue weighted by Crippen LogP contribution is 2.28. The van der Waals surface area contributed by atoms with Gasteiger partial charge in [0.15, 0.2) is 5.78 Å². The minimum Gasteiger partial charge on any atom is -0.511 e. The van der Waals surface area contributed by atoms with E-state index in [-0.39, 0.29) is 11.5 Å². The average Bonchev–Trinajstić information content (AvgIpc) is 2.39. The Balaban J connectivity index is 2.25. The van der Waals surface area contributed by atoms with Gasteiger partial charge in [0, 0.05) is 12.7 Å². The average molecular weight is 244 g/mol. The third-order valence-electron chi connectivity index (χ3n) is 3.15. The van der Waals surface area contributed by atoms with Gasteiger partial charge in [-0.3, -0.25) is 4.79 Å². The predicted molar refractivity (Wildman–Crippen MR) is 69.5 cm³/mol. The number of methoxy groups -OCH3 is 1. The van der Waals surface area contributed by atoms with Crippen LogP contribution in [0.25, 0.3) is 0 Å². The third kappa shape index (κ3) is 2.36. The van der Waals surface area contributed by atoms with Crippen LogP contribution in [-0.4, -0.2) is 23.6 Å². The van der Waals surface area contributed by atoms with Crippen molar-refractivity contribution in [3.05, 3.63) is 59.9 Å². The van der Waals surface area contributed by atoms with Crippen molar-refractivity contribution in [2.24, 2.45) is 5.92 Å². The van der Waals surface area contributed by atoms with E-state index in [0.717, 1.165) is 0 Å². The number of benzene rings is 1. The monoisotopic (exact) mass is 244 g/mol. The number of ether oxygens (including phenoxy) is 1. The van der Waals surface area contributed by atoms with Gasteiger partial charge in [-0.2, -0.15) is 0 Å². The van der Waals surface area contributed by atoms with Gasteiger partial charge in [0.2, 0.25) is 0 Å². The first-order valence-electron chi connectivity index (χ1n) is 5.81. The Morgan fingerprint density at radius 2 is 2.00 bits per heavy atom. The number of rotatable bonds is 3. The molecule has 0 saturated heterocycles. The first-order valence-corrected chi connectivity index (χ1v) is 5.81. The van der Waals surface area contributed by atoms with Gasteiger partial charge >= 0.3 is 0 Å². The van der Waals surface area contributed by atoms with Crippen molar-refractivity contribution in [3.63, 3.8) is 0 Å². The Hall–Kier alpha value is -1.87. The van der Waals surface area contributed by atoms with Crippen LogP contribution in [0.4, 0.5) is 0 Å². The number of carbonyl (C=O) groups is 1. The van der Waals surface area contributed by atoms with E-state index in [9.17, 15) is 9.90 Å². The summed E-state index contributed by atoms with van der Waals surface area (Å²) in [6, 6.07) is 8.95. The second-order valence-electron chi connectivity index (χ2n) is 4.52. The van der Waals surface area contributed by atoms with E-state index >= 15 is 0 Å². The minimum absolute atomic E-state index is 0.0377. The van der Waals surface area contributed by atoms with Crippen molar-refractivity contribution in [1.29, 1.82) is 0 Å². The molecule has 0 aliphatic heterocycles. The summed E-state index contributed by atoms with van der Waals surface area (Å²) in [5, 5.41) is 9.98. The maximum absolute atomic E-state index is 12.2. The molecule has 1 aromatic rings. The van der Waals surface area contributed by atoms with Crippen molar-refractivity contribution < 1.29 is 14.6 Å². The molecule has 1 aliphatic rings. The highest BCUT2D eigenvalue weighted by atomic mass is 16.5. The lowest BCUT2D eigenvalue weighted by atomic mass is 9.87. The molecule has 0 amide bonds. The van der Waals surface area contributed by atoms with Crippen LogP contribution in [-0.2, 0) is 4.74 Å². The molecule has 0 fully saturated rings. The lowest BCUT2D eigenvalue weighted by Crippen LogP contribution is -2.29. The number of allylic oxidation sites excluding steroid dienone is 1. The Labute approximate surface area is 106 Å². The Kier molecular flexibility index (Phi) is 3.34. The van der Waals surface area contributed by atoms with Gasteiger partial charge in [0.1, 0.15) is 11.4 Å². The summed E-state index contributed by atoms with van der Waals surface area (Å²) >= 11 is 0. The first-order chi connectivity index (χ1) is 8.56. The van der Waals surface area contributed by atoms with E-state index in [1.165, 1.54) is 0 Å². The molecule has 0 bridgehead atoms. The standard InChI is InChI=1S/C15H16O3/c1-15(18-2)9-8-12(13(16)10-15)14(17)11-6-4-3-5-7-11/h3-10,12,16H,1-2H3. The van der Waals surface area contributed by atoms with Gasteiger partial charge < -0.3 is 9.84 Å². The van der Waals surface area contributed by atoms with Crippen molar-refractivity contribution in [3.8, 4) is 0 Å². The molecular weight excluding hydrogens is 228 g/mol. The van der Waals surface area contributed by atoms with Crippen LogP contribution < -0.4 is 0 Å². The summed E-state index contributed by atoms with van der Waals surface area (Å²) in [5.74, 6) is -0.690. The number of aliphatic hydroxyl groups is 1. The molecule has 0 radical (unpaired) electrons. The van der Waals surface area contributed by atoms with Crippen molar-refractivity contribution >= 4 is 5.78 Å². The molecule has 1 aliphatic carbocycles. The minimum atomic E-state index is -0.641. The Morgan fingerprint density at radius 1 is 1.33 bits per heavy atom. The second kappa shape index (κ2) is 4.78. The van der Waals surface area contributed by atoms with Gasteiger partial charge in [0.05, 0.1) is 5.92 Å². The molecule has 3 nitrogen and oxygen atoms in total. The van der Waals surface area contributed by atoms with E-state index < -0.39 is 11.5 Å². The summed E-state index contributed by atoms with van der Waals surface area (Å²) < 4.78 is 5.25. The zero-order valence-corrected chi connectivity index (χ0v) is 10.5. The Bertz CT molecular complexity index is 502. The summed E-state index contributed by atoms with van der Waals surface area (Å²) in [6.07, 6.45) is 5.05. The number of aliphatic hydroxyl groups excluding tert-OH is 1. The van der Waals surface area contributed by atoms with Crippen LogP contribution in [0.1, 0.15) is 17.3 Å². The zero-order valence-electron chi connectivity index (χ0n) is 10.5. The summed E-state index contributed by atoms with van der Waals surface area (Å²) in [5.41, 5.74) is -0.0505. The molecule has 0 spiro atoms. The predicted octanol–water partition coefficient (Wildman–Crippen LogP) is 2.90. The summed E-state index contributed by atoms with van der Waals surface area (Å²) in [4.78, 5) is 12.2. The first kappa shape index (κ1) is 12.6. The van der Waals surface area contributed by atoms with Crippen LogP contribution in [0.3, 0.4) is 0 Å². The molecular formula is C15H16O3. The normalized spacial score (nSPS) is 26.8. The van der Waals surface area contributed by atoms with Crippen LogP contribution in [0.2, 0.25) is 0 Å². The number of carbonyl (C=O) groups excluding carboxylic acids is 1. The van der Waals surface area contributed by atoms with Gasteiger partial charge in [-0.1, -0.05) is 42.5 Å². The smallest absolute Gasteiger partial charge is 0.177 e. The van der Waals surface area contributed by atoms with Gasteiger partial charge in [-0.25, -0.2) is 0 Å². The molecule has 0 heterocycles. The lowest BCUT2D eigenvalue weighted by molar-refractivity contribution is 0.0793. The highest BCUT2D eigenvalue weighted by Gasteiger charge is 2.30. The van der Waals surface area contributed by atoms with Crippen LogP contribution in [0.15, 0.2) is 54.3 Å².